The van der Waals surface area contributed by atoms with Gasteiger partial charge in [0.25, 0.3) is 0 Å². The van der Waals surface area contributed by atoms with E-state index in [1.54, 1.807) is 6.92 Å². The number of allylic oxidation sites excluding steroid dienone is 1. The fraction of sp³-hybridized carbons (Fsp3) is 0.571. The molecule has 0 bridgehead atoms. The molecule has 0 fully saturated rings. The smallest absolute Gasteiger partial charge is 0.404 e. The monoisotopic (exact) mass is 145 g/mol. The molecule has 0 aromatic rings. The van der Waals surface area contributed by atoms with Gasteiger partial charge in [0.15, 0.2) is 0 Å². The molecule has 0 aromatic carbocycles. The van der Waals surface area contributed by atoms with E-state index in [1.165, 1.54) is 0 Å². The number of carbonyl (C=O) groups is 1. The second-order valence-corrected chi connectivity index (χ2v) is 1.53. The second-order valence-electron chi connectivity index (χ2n) is 1.53. The molecule has 2 N–H and O–H groups in total. The number of amides is 1. The average molecular weight is 145 g/mol. The predicted octanol–water partition coefficient (Wildman–Crippen LogP) is 1.86. The number of carboxylic acid groups (broad SMARTS) is 1. The summed E-state index contributed by atoms with van der Waals surface area (Å²) in [6, 6.07) is 0. The van der Waals surface area contributed by atoms with E-state index in [-0.39, 0.29) is 0 Å². The van der Waals surface area contributed by atoms with Crippen LogP contribution in [0.2, 0.25) is 0 Å². The van der Waals surface area contributed by atoms with E-state index in [0.29, 0.717) is 6.54 Å². The molecule has 1 amide bonds. The van der Waals surface area contributed by atoms with Crippen LogP contribution < -0.4 is 5.32 Å². The molecule has 0 aliphatic carbocycles. The van der Waals surface area contributed by atoms with Crippen molar-refractivity contribution in [1.82, 2.24) is 5.32 Å². The van der Waals surface area contributed by atoms with E-state index >= 15 is 0 Å². The van der Waals surface area contributed by atoms with Crippen LogP contribution in [0.3, 0.4) is 0 Å². The molecule has 0 aromatic heterocycles. The summed E-state index contributed by atoms with van der Waals surface area (Å²) in [6.07, 6.45) is 2.00. The Bertz CT molecular complexity index is 91.6. The largest absolute Gasteiger partial charge is 0.465 e. The minimum absolute atomic E-state index is 0.481. The normalized spacial score (nSPS) is 7.00. The van der Waals surface area contributed by atoms with Crippen molar-refractivity contribution >= 4 is 6.09 Å². The molecule has 3 nitrogen and oxygen atoms in total. The van der Waals surface area contributed by atoms with Crippen molar-refractivity contribution in [3.05, 3.63) is 12.7 Å². The highest BCUT2D eigenvalue weighted by molar-refractivity contribution is 5.64. The highest BCUT2D eigenvalue weighted by Gasteiger charge is 1.82. The Kier molecular flexibility index (Phi) is 12.8. The number of hydrogen-bond acceptors (Lipinski definition) is 1. The van der Waals surface area contributed by atoms with Crippen LogP contribution in [0.5, 0.6) is 0 Å². The summed E-state index contributed by atoms with van der Waals surface area (Å²) in [7, 11) is 0. The summed E-state index contributed by atoms with van der Waals surface area (Å²) in [5.41, 5.74) is 0. The Morgan fingerprint density at radius 2 is 2.10 bits per heavy atom. The second kappa shape index (κ2) is 10.9. The highest BCUT2D eigenvalue weighted by atomic mass is 16.4. The molecule has 0 spiro atoms. The molecule has 0 atom stereocenters. The maximum Gasteiger partial charge on any atom is 0.404 e. The van der Waals surface area contributed by atoms with E-state index in [0.717, 1.165) is 6.42 Å². The summed E-state index contributed by atoms with van der Waals surface area (Å²) < 4.78 is 0. The number of rotatable bonds is 2. The van der Waals surface area contributed by atoms with Crippen molar-refractivity contribution in [3.8, 4) is 0 Å². The first kappa shape index (κ1) is 11.8. The van der Waals surface area contributed by atoms with Gasteiger partial charge >= 0.3 is 6.09 Å². The van der Waals surface area contributed by atoms with E-state index in [2.05, 4.69) is 18.8 Å². The third kappa shape index (κ3) is 27.9. The standard InChI is InChI=1S/C4H8.C3H7NO2/c1-3-4-2;1-2-4-3(5)6/h3H,1,4H2,2H3;4H,2H2,1H3,(H,5,6). The van der Waals surface area contributed by atoms with Gasteiger partial charge in [0.1, 0.15) is 0 Å². The van der Waals surface area contributed by atoms with Crippen molar-refractivity contribution in [2.75, 3.05) is 6.54 Å². The van der Waals surface area contributed by atoms with Crippen molar-refractivity contribution in [2.45, 2.75) is 20.3 Å². The zero-order chi connectivity index (χ0) is 8.41. The van der Waals surface area contributed by atoms with Crippen LogP contribution in [0.4, 0.5) is 4.79 Å². The summed E-state index contributed by atoms with van der Waals surface area (Å²) in [4.78, 5) is 9.49. The van der Waals surface area contributed by atoms with Gasteiger partial charge in [-0.3, -0.25) is 0 Å². The molecule has 0 unspecified atom stereocenters. The molecule has 0 saturated carbocycles. The SMILES string of the molecule is C=CCC.CCNC(=O)O. The fourth-order valence-corrected chi connectivity index (χ4v) is 0.151. The minimum atomic E-state index is -0.961. The van der Waals surface area contributed by atoms with E-state index < -0.39 is 6.09 Å². The Labute approximate surface area is 61.8 Å². The molecule has 0 aliphatic heterocycles. The van der Waals surface area contributed by atoms with E-state index in [1.807, 2.05) is 6.08 Å². The summed E-state index contributed by atoms with van der Waals surface area (Å²) in [5, 5.41) is 9.93. The number of nitrogens with one attached hydrogen (secondary N) is 1. The van der Waals surface area contributed by atoms with Gasteiger partial charge in [-0.25, -0.2) is 4.79 Å². The first-order valence-corrected chi connectivity index (χ1v) is 3.26. The molecular formula is C7H15NO2. The van der Waals surface area contributed by atoms with Crippen LogP contribution in [0.25, 0.3) is 0 Å². The van der Waals surface area contributed by atoms with Gasteiger partial charge in [-0.1, -0.05) is 13.0 Å². The van der Waals surface area contributed by atoms with Gasteiger partial charge in [-0.15, -0.1) is 6.58 Å². The molecule has 0 radical (unpaired) electrons. The van der Waals surface area contributed by atoms with Gasteiger partial charge in [0, 0.05) is 6.54 Å². The molecular weight excluding hydrogens is 130 g/mol. The molecule has 0 aliphatic rings. The van der Waals surface area contributed by atoms with Crippen molar-refractivity contribution in [1.29, 1.82) is 0 Å². The Morgan fingerprint density at radius 3 is 2.10 bits per heavy atom. The van der Waals surface area contributed by atoms with Crippen LogP contribution in [-0.4, -0.2) is 17.7 Å². The zero-order valence-corrected chi connectivity index (χ0v) is 6.55. The summed E-state index contributed by atoms with van der Waals surface area (Å²) in [5.74, 6) is 0. The predicted molar refractivity (Wildman–Crippen MR) is 42.2 cm³/mol. The lowest BCUT2D eigenvalue weighted by molar-refractivity contribution is 0.195. The molecule has 0 rings (SSSR count). The van der Waals surface area contributed by atoms with Gasteiger partial charge in [-0.05, 0) is 13.3 Å². The Morgan fingerprint density at radius 1 is 1.70 bits per heavy atom. The van der Waals surface area contributed by atoms with Crippen LogP contribution in [0.15, 0.2) is 12.7 Å². The average Bonchev–Trinajstić information content (AvgIpc) is 1.89. The van der Waals surface area contributed by atoms with Crippen molar-refractivity contribution in [3.63, 3.8) is 0 Å². The Balaban J connectivity index is 0. The van der Waals surface area contributed by atoms with Gasteiger partial charge < -0.3 is 10.4 Å². The topological polar surface area (TPSA) is 49.3 Å². The lowest BCUT2D eigenvalue weighted by atomic mass is 10.5. The van der Waals surface area contributed by atoms with E-state index in [9.17, 15) is 4.79 Å². The van der Waals surface area contributed by atoms with Crippen LogP contribution in [0, 0.1) is 0 Å². The van der Waals surface area contributed by atoms with E-state index in [4.69, 9.17) is 5.11 Å². The van der Waals surface area contributed by atoms with Crippen LogP contribution in [-0.2, 0) is 0 Å². The minimum Gasteiger partial charge on any atom is -0.465 e. The number of hydrogen-bond donors (Lipinski definition) is 2. The summed E-state index contributed by atoms with van der Waals surface area (Å²) >= 11 is 0. The first-order valence-electron chi connectivity index (χ1n) is 3.26. The van der Waals surface area contributed by atoms with Crippen molar-refractivity contribution < 1.29 is 9.90 Å². The highest BCUT2D eigenvalue weighted by Crippen LogP contribution is 1.66. The maximum absolute atomic E-state index is 9.49. The molecule has 3 heteroatoms. The molecule has 0 heterocycles. The Hall–Kier alpha value is -0.990. The summed E-state index contributed by atoms with van der Waals surface area (Å²) in [6.45, 7) is 7.75. The van der Waals surface area contributed by atoms with Gasteiger partial charge in [0.05, 0.1) is 0 Å². The molecule has 0 saturated heterocycles. The van der Waals surface area contributed by atoms with Crippen molar-refractivity contribution in [2.24, 2.45) is 0 Å². The maximum atomic E-state index is 9.49. The van der Waals surface area contributed by atoms with Gasteiger partial charge in [0.2, 0.25) is 0 Å². The quantitative estimate of drug-likeness (QED) is 0.582. The molecule has 60 valence electrons. The zero-order valence-electron chi connectivity index (χ0n) is 6.55. The van der Waals surface area contributed by atoms with Crippen LogP contribution in [0.1, 0.15) is 20.3 Å². The third-order valence-corrected chi connectivity index (χ3v) is 0.617. The van der Waals surface area contributed by atoms with Gasteiger partial charge in [-0.2, -0.15) is 0 Å². The van der Waals surface area contributed by atoms with Crippen LogP contribution >= 0.6 is 0 Å². The molecule has 10 heavy (non-hydrogen) atoms. The fourth-order valence-electron chi connectivity index (χ4n) is 0.151. The lowest BCUT2D eigenvalue weighted by Crippen LogP contribution is -2.19. The lowest BCUT2D eigenvalue weighted by Gasteiger charge is -1.87. The first-order chi connectivity index (χ1) is 4.68. The third-order valence-electron chi connectivity index (χ3n) is 0.617.